The molecule has 1 amide bonds. The van der Waals surface area contributed by atoms with Crippen LogP contribution >= 0.6 is 15.9 Å². The van der Waals surface area contributed by atoms with Crippen LogP contribution in [0.2, 0.25) is 0 Å². The molecule has 1 aliphatic heterocycles. The summed E-state index contributed by atoms with van der Waals surface area (Å²) in [4.78, 5) is 22.0. The third kappa shape index (κ3) is 5.15. The van der Waals surface area contributed by atoms with E-state index < -0.39 is 5.60 Å². The average Bonchev–Trinajstić information content (AvgIpc) is 2.40. The van der Waals surface area contributed by atoms with Gasteiger partial charge in [-0.05, 0) is 49.5 Å². The maximum absolute atomic E-state index is 12.1. The summed E-state index contributed by atoms with van der Waals surface area (Å²) in [6.07, 6.45) is 4.55. The van der Waals surface area contributed by atoms with Crippen molar-refractivity contribution in [1.82, 2.24) is 14.9 Å². The van der Waals surface area contributed by atoms with Crippen LogP contribution in [-0.4, -0.2) is 45.8 Å². The van der Waals surface area contributed by atoms with Gasteiger partial charge in [0.2, 0.25) is 5.88 Å². The molecule has 0 radical (unpaired) electrons. The van der Waals surface area contributed by atoms with Crippen molar-refractivity contribution in [3.63, 3.8) is 0 Å². The Balaban J connectivity index is 1.91. The molecular formula is C14H20BrN3O3. The van der Waals surface area contributed by atoms with Crippen LogP contribution in [-0.2, 0) is 4.74 Å². The molecule has 2 rings (SSSR count). The van der Waals surface area contributed by atoms with Gasteiger partial charge in [0.05, 0.1) is 18.9 Å². The van der Waals surface area contributed by atoms with Gasteiger partial charge >= 0.3 is 6.09 Å². The second kappa shape index (κ2) is 6.60. The van der Waals surface area contributed by atoms with Crippen molar-refractivity contribution in [1.29, 1.82) is 0 Å². The highest BCUT2D eigenvalue weighted by Gasteiger charge is 2.28. The molecule has 1 aliphatic rings. The lowest BCUT2D eigenvalue weighted by Crippen LogP contribution is -2.46. The number of nitrogens with zero attached hydrogens (tertiary/aromatic N) is 3. The molecule has 1 atom stereocenters. The Morgan fingerprint density at radius 3 is 2.76 bits per heavy atom. The van der Waals surface area contributed by atoms with Crippen molar-refractivity contribution in [3.05, 3.63) is 17.0 Å². The Hall–Kier alpha value is -1.37. The van der Waals surface area contributed by atoms with E-state index >= 15 is 0 Å². The van der Waals surface area contributed by atoms with E-state index in [0.717, 1.165) is 12.8 Å². The number of aromatic nitrogens is 2. The summed E-state index contributed by atoms with van der Waals surface area (Å²) in [7, 11) is 0. The Bertz CT molecular complexity index is 487. The molecule has 0 N–H and O–H groups in total. The van der Waals surface area contributed by atoms with Crippen LogP contribution in [0.25, 0.3) is 0 Å². The molecule has 0 aromatic carbocycles. The predicted octanol–water partition coefficient (Wildman–Crippen LogP) is 3.02. The minimum Gasteiger partial charge on any atom is -0.471 e. The molecule has 6 nitrogen and oxygen atoms in total. The number of halogens is 1. The van der Waals surface area contributed by atoms with Gasteiger partial charge < -0.3 is 14.4 Å². The first-order valence-corrected chi connectivity index (χ1v) is 7.75. The molecule has 0 bridgehead atoms. The fourth-order valence-corrected chi connectivity index (χ4v) is 2.26. The molecule has 1 fully saturated rings. The third-order valence-electron chi connectivity index (χ3n) is 2.91. The molecule has 0 aliphatic carbocycles. The Morgan fingerprint density at radius 1 is 1.38 bits per heavy atom. The van der Waals surface area contributed by atoms with Gasteiger partial charge in [-0.25, -0.2) is 14.8 Å². The van der Waals surface area contributed by atoms with Crippen LogP contribution < -0.4 is 4.74 Å². The molecule has 0 saturated carbocycles. The fraction of sp³-hybridized carbons (Fsp3) is 0.643. The first-order valence-electron chi connectivity index (χ1n) is 6.95. The molecule has 1 aromatic heterocycles. The number of likely N-dealkylation sites (tertiary alicyclic amines) is 1. The van der Waals surface area contributed by atoms with Crippen molar-refractivity contribution in [3.8, 4) is 5.88 Å². The van der Waals surface area contributed by atoms with Crippen molar-refractivity contribution < 1.29 is 14.3 Å². The summed E-state index contributed by atoms with van der Waals surface area (Å²) in [6.45, 7) is 6.79. The molecule has 1 saturated heterocycles. The first-order chi connectivity index (χ1) is 9.83. The third-order valence-corrected chi connectivity index (χ3v) is 3.32. The standard InChI is InChI=1S/C14H20BrN3O3/c1-14(2,3)21-13(19)18-6-4-5-10(9-18)20-12-8-16-11(15)7-17-12/h7-8,10H,4-6,9H2,1-3H3. The number of carbonyl (C=O) groups excluding carboxylic acids is 1. The molecular weight excluding hydrogens is 338 g/mol. The van der Waals surface area contributed by atoms with E-state index in [1.54, 1.807) is 17.3 Å². The monoisotopic (exact) mass is 357 g/mol. The summed E-state index contributed by atoms with van der Waals surface area (Å²) in [5.41, 5.74) is -0.484. The molecule has 2 heterocycles. The zero-order valence-electron chi connectivity index (χ0n) is 12.5. The quantitative estimate of drug-likeness (QED) is 0.813. The number of hydrogen-bond acceptors (Lipinski definition) is 5. The van der Waals surface area contributed by atoms with Crippen LogP contribution in [0.4, 0.5) is 4.79 Å². The van der Waals surface area contributed by atoms with Gasteiger partial charge in [0, 0.05) is 6.54 Å². The highest BCUT2D eigenvalue weighted by molar-refractivity contribution is 9.10. The van der Waals surface area contributed by atoms with E-state index in [0.29, 0.717) is 23.6 Å². The SMILES string of the molecule is CC(C)(C)OC(=O)N1CCCC(Oc2cnc(Br)cn2)C1. The number of ether oxygens (including phenoxy) is 2. The smallest absolute Gasteiger partial charge is 0.410 e. The Labute approximate surface area is 133 Å². The van der Waals surface area contributed by atoms with Gasteiger partial charge in [-0.15, -0.1) is 0 Å². The van der Waals surface area contributed by atoms with Crippen LogP contribution in [0, 0.1) is 0 Å². The Morgan fingerprint density at radius 2 is 2.14 bits per heavy atom. The zero-order valence-corrected chi connectivity index (χ0v) is 14.1. The van der Waals surface area contributed by atoms with Crippen molar-refractivity contribution in [2.75, 3.05) is 13.1 Å². The number of amides is 1. The summed E-state index contributed by atoms with van der Waals surface area (Å²) in [5.74, 6) is 0.467. The maximum atomic E-state index is 12.1. The van der Waals surface area contributed by atoms with E-state index in [1.165, 1.54) is 0 Å². The van der Waals surface area contributed by atoms with Gasteiger partial charge in [-0.2, -0.15) is 0 Å². The molecule has 1 unspecified atom stereocenters. The van der Waals surface area contributed by atoms with Crippen LogP contribution in [0.5, 0.6) is 5.88 Å². The molecule has 21 heavy (non-hydrogen) atoms. The maximum Gasteiger partial charge on any atom is 0.410 e. The van der Waals surface area contributed by atoms with Crippen LogP contribution in [0.15, 0.2) is 17.0 Å². The molecule has 1 aromatic rings. The number of piperidine rings is 1. The zero-order chi connectivity index (χ0) is 15.5. The lowest BCUT2D eigenvalue weighted by atomic mass is 10.1. The summed E-state index contributed by atoms with van der Waals surface area (Å²) in [6, 6.07) is 0. The van der Waals surface area contributed by atoms with E-state index in [1.807, 2.05) is 20.8 Å². The minimum atomic E-state index is -0.484. The molecule has 7 heteroatoms. The molecule has 0 spiro atoms. The average molecular weight is 358 g/mol. The minimum absolute atomic E-state index is 0.0817. The fourth-order valence-electron chi connectivity index (χ4n) is 2.06. The van der Waals surface area contributed by atoms with Gasteiger partial charge in [0.15, 0.2) is 0 Å². The van der Waals surface area contributed by atoms with E-state index in [9.17, 15) is 4.79 Å². The first kappa shape index (κ1) is 16.0. The summed E-state index contributed by atoms with van der Waals surface area (Å²) >= 11 is 3.23. The van der Waals surface area contributed by atoms with Gasteiger partial charge in [0.1, 0.15) is 16.3 Å². The lowest BCUT2D eigenvalue weighted by Gasteiger charge is -2.33. The summed E-state index contributed by atoms with van der Waals surface area (Å²) in [5, 5.41) is 0. The second-order valence-electron chi connectivity index (χ2n) is 5.99. The van der Waals surface area contributed by atoms with Crippen LogP contribution in [0.3, 0.4) is 0 Å². The van der Waals surface area contributed by atoms with E-state index in [4.69, 9.17) is 9.47 Å². The number of carbonyl (C=O) groups is 1. The Kier molecular flexibility index (Phi) is 5.03. The normalized spacial score (nSPS) is 19.2. The van der Waals surface area contributed by atoms with Crippen molar-refractivity contribution >= 4 is 22.0 Å². The second-order valence-corrected chi connectivity index (χ2v) is 6.80. The largest absolute Gasteiger partial charge is 0.471 e. The molecule has 116 valence electrons. The van der Waals surface area contributed by atoms with Crippen LogP contribution in [0.1, 0.15) is 33.6 Å². The topological polar surface area (TPSA) is 64.5 Å². The van der Waals surface area contributed by atoms with Gasteiger partial charge in [0.25, 0.3) is 0 Å². The van der Waals surface area contributed by atoms with Gasteiger partial charge in [-0.3, -0.25) is 0 Å². The number of rotatable bonds is 2. The van der Waals surface area contributed by atoms with E-state index in [-0.39, 0.29) is 12.2 Å². The highest BCUT2D eigenvalue weighted by Crippen LogP contribution is 2.19. The lowest BCUT2D eigenvalue weighted by molar-refractivity contribution is 0.00717. The van der Waals surface area contributed by atoms with E-state index in [2.05, 4.69) is 25.9 Å². The van der Waals surface area contributed by atoms with Crippen molar-refractivity contribution in [2.45, 2.75) is 45.3 Å². The van der Waals surface area contributed by atoms with Gasteiger partial charge in [-0.1, -0.05) is 0 Å². The predicted molar refractivity (Wildman–Crippen MR) is 81.2 cm³/mol. The van der Waals surface area contributed by atoms with Crippen molar-refractivity contribution in [2.24, 2.45) is 0 Å². The summed E-state index contributed by atoms with van der Waals surface area (Å²) < 4.78 is 11.8. The number of hydrogen-bond donors (Lipinski definition) is 0. The highest BCUT2D eigenvalue weighted by atomic mass is 79.9.